The smallest absolute Gasteiger partial charge is 0.481 e. The van der Waals surface area contributed by atoms with Crippen molar-refractivity contribution >= 4 is 41.5 Å². The maximum Gasteiger partial charge on any atom is 0.500 e. The summed E-state index contributed by atoms with van der Waals surface area (Å²) in [5, 5.41) is 18.1. The van der Waals surface area contributed by atoms with Crippen LogP contribution < -0.4 is 0 Å². The number of rotatable bonds is 22. The molecule has 0 aromatic rings. The molecule has 2 atom stereocenters. The first kappa shape index (κ1) is 35.3. The van der Waals surface area contributed by atoms with E-state index in [-0.39, 0.29) is 38.5 Å². The van der Waals surface area contributed by atoms with Gasteiger partial charge in [-0.3, -0.25) is 19.2 Å². The second-order valence-corrected chi connectivity index (χ2v) is 14.6. The van der Waals surface area contributed by atoms with Gasteiger partial charge in [0.15, 0.2) is 0 Å². The van der Waals surface area contributed by atoms with Gasteiger partial charge in [-0.05, 0) is 38.5 Å². The number of carboxylic acid groups (broad SMARTS) is 2. The number of carbonyl (C=O) groups is 4. The van der Waals surface area contributed by atoms with Gasteiger partial charge in [0.2, 0.25) is 0 Å². The maximum absolute atomic E-state index is 12.9. The van der Waals surface area contributed by atoms with E-state index in [1.807, 2.05) is 0 Å². The molecule has 0 spiro atoms. The van der Waals surface area contributed by atoms with Crippen LogP contribution in [0.15, 0.2) is 0 Å². The van der Waals surface area contributed by atoms with Crippen molar-refractivity contribution in [2.24, 2.45) is 11.8 Å². The molecule has 0 aromatic heterocycles. The zero-order valence-electron chi connectivity index (χ0n) is 22.6. The Bertz CT molecular complexity index is 636. The highest BCUT2D eigenvalue weighted by Gasteiger charge is 2.39. The zero-order chi connectivity index (χ0) is 28.5. The number of carboxylic acids is 2. The largest absolute Gasteiger partial charge is 0.500 e. The van der Waals surface area contributed by atoms with Crippen LogP contribution in [0.3, 0.4) is 0 Å². The molecule has 13 nitrogen and oxygen atoms in total. The average molecular weight is 571 g/mol. The predicted octanol–water partition coefficient (Wildman–Crippen LogP) is 2.33. The third-order valence-electron chi connectivity index (χ3n) is 6.22. The van der Waals surface area contributed by atoms with Crippen molar-refractivity contribution in [3.8, 4) is 0 Å². The molecular formula is C22H42O13Si2. The fourth-order valence-corrected chi connectivity index (χ4v) is 7.36. The predicted molar refractivity (Wildman–Crippen MR) is 133 cm³/mol. The Kier molecular flexibility index (Phi) is 17.6. The van der Waals surface area contributed by atoms with E-state index in [0.29, 0.717) is 24.9 Å². The van der Waals surface area contributed by atoms with Gasteiger partial charge in [0.05, 0.1) is 11.8 Å². The molecule has 37 heavy (non-hydrogen) atoms. The Labute approximate surface area is 220 Å². The lowest BCUT2D eigenvalue weighted by Gasteiger charge is -2.25. The Balaban J connectivity index is 5.34. The van der Waals surface area contributed by atoms with Crippen molar-refractivity contribution in [1.82, 2.24) is 0 Å². The summed E-state index contributed by atoms with van der Waals surface area (Å²) < 4.78 is 37.3. The number of hydrogen-bond acceptors (Lipinski definition) is 11. The molecule has 0 heterocycles. The van der Waals surface area contributed by atoms with Crippen LogP contribution in [0, 0.1) is 11.8 Å². The fraction of sp³-hybridized carbons (Fsp3) is 0.818. The molecule has 0 aromatic carbocycles. The molecule has 0 rings (SSSR count). The van der Waals surface area contributed by atoms with Crippen molar-refractivity contribution in [1.29, 1.82) is 0 Å². The van der Waals surface area contributed by atoms with Crippen LogP contribution in [0.25, 0.3) is 0 Å². The molecule has 0 fully saturated rings. The molecule has 2 N–H and O–H groups in total. The number of esters is 2. The molecule has 0 saturated heterocycles. The lowest BCUT2D eigenvalue weighted by molar-refractivity contribution is -0.166. The number of ether oxygens (including phenoxy) is 1. The van der Waals surface area contributed by atoms with Crippen LogP contribution in [0.2, 0.25) is 12.1 Å². The summed E-state index contributed by atoms with van der Waals surface area (Å²) in [6.45, 7) is 0. The highest BCUT2D eigenvalue weighted by molar-refractivity contribution is 6.60. The first-order valence-electron chi connectivity index (χ1n) is 12.0. The van der Waals surface area contributed by atoms with Gasteiger partial charge in [0.1, 0.15) is 0 Å². The number of aliphatic carboxylic acids is 2. The van der Waals surface area contributed by atoms with Gasteiger partial charge in [0, 0.05) is 67.6 Å². The molecule has 15 heteroatoms. The third kappa shape index (κ3) is 13.1. The minimum Gasteiger partial charge on any atom is -0.481 e. The van der Waals surface area contributed by atoms with E-state index in [0.717, 1.165) is 0 Å². The van der Waals surface area contributed by atoms with Crippen LogP contribution in [-0.2, 0) is 50.5 Å². The normalized spacial score (nSPS) is 13.7. The van der Waals surface area contributed by atoms with E-state index in [1.165, 1.54) is 42.7 Å². The number of hydrogen-bond donors (Lipinski definition) is 2. The van der Waals surface area contributed by atoms with Crippen LogP contribution in [0.4, 0.5) is 0 Å². The lowest BCUT2D eigenvalue weighted by atomic mass is 9.96. The first-order valence-corrected chi connectivity index (χ1v) is 15.8. The first-order chi connectivity index (χ1) is 17.5. The zero-order valence-corrected chi connectivity index (χ0v) is 24.6. The summed E-state index contributed by atoms with van der Waals surface area (Å²) in [6.07, 6.45) is 0.677. The molecule has 0 radical (unpaired) electrons. The molecule has 0 aliphatic carbocycles. The van der Waals surface area contributed by atoms with E-state index in [4.69, 9.17) is 41.5 Å². The summed E-state index contributed by atoms with van der Waals surface area (Å²) in [5.74, 6) is -5.57. The molecule has 2 unspecified atom stereocenters. The van der Waals surface area contributed by atoms with E-state index < -0.39 is 53.3 Å². The summed E-state index contributed by atoms with van der Waals surface area (Å²) >= 11 is 0. The van der Waals surface area contributed by atoms with Crippen LogP contribution >= 0.6 is 0 Å². The molecular weight excluding hydrogens is 528 g/mol. The van der Waals surface area contributed by atoms with Gasteiger partial charge in [-0.15, -0.1) is 0 Å². The fourth-order valence-electron chi connectivity index (χ4n) is 3.86. The standard InChI is InChI=1S/C22H42O13Si2/c1-29-36(30-2,31-3)15-7-9-17(11-13-19(23)24)21(27)35-22(28)18(12-14-20(25)26)10-8-16-37(32-4,33-5)34-6/h17-18H,7-16H2,1-6H3,(H,23,24)(H,25,26). The maximum atomic E-state index is 12.9. The summed E-state index contributed by atoms with van der Waals surface area (Å²) in [5.41, 5.74) is 0. The highest BCUT2D eigenvalue weighted by atomic mass is 28.4. The van der Waals surface area contributed by atoms with Gasteiger partial charge in [0.25, 0.3) is 0 Å². The molecule has 0 bridgehead atoms. The summed E-state index contributed by atoms with van der Waals surface area (Å²) in [6, 6.07) is 0.763. The number of carbonyl (C=O) groups excluding carboxylic acids is 2. The average Bonchev–Trinajstić information content (AvgIpc) is 2.88. The van der Waals surface area contributed by atoms with E-state index in [1.54, 1.807) is 0 Å². The molecule has 0 aliphatic heterocycles. The van der Waals surface area contributed by atoms with E-state index in [9.17, 15) is 19.2 Å². The van der Waals surface area contributed by atoms with Gasteiger partial charge < -0.3 is 41.5 Å². The summed E-state index contributed by atoms with van der Waals surface area (Å²) in [7, 11) is 2.98. The Morgan fingerprint density at radius 1 is 0.568 bits per heavy atom. The minimum absolute atomic E-state index is 0.0215. The Hall–Kier alpha value is -1.73. The van der Waals surface area contributed by atoms with Crippen molar-refractivity contribution in [2.45, 2.75) is 63.5 Å². The Morgan fingerprint density at radius 3 is 1.11 bits per heavy atom. The summed E-state index contributed by atoms with van der Waals surface area (Å²) in [4.78, 5) is 47.9. The van der Waals surface area contributed by atoms with Gasteiger partial charge >= 0.3 is 41.5 Å². The highest BCUT2D eigenvalue weighted by Crippen LogP contribution is 2.25. The van der Waals surface area contributed by atoms with Crippen LogP contribution in [0.1, 0.15) is 51.4 Å². The van der Waals surface area contributed by atoms with E-state index >= 15 is 0 Å². The van der Waals surface area contributed by atoms with Gasteiger partial charge in [-0.1, -0.05) is 0 Å². The quantitative estimate of drug-likeness (QED) is 0.110. The molecule has 216 valence electrons. The monoisotopic (exact) mass is 570 g/mol. The van der Waals surface area contributed by atoms with Crippen LogP contribution in [-0.4, -0.2) is 94.4 Å². The van der Waals surface area contributed by atoms with Gasteiger partial charge in [-0.25, -0.2) is 0 Å². The van der Waals surface area contributed by atoms with E-state index in [2.05, 4.69) is 0 Å². The molecule has 0 amide bonds. The molecule has 0 saturated carbocycles. The SMILES string of the molecule is CO[Si](CCCC(CCC(=O)O)C(=O)OC(=O)C(CCC[Si](OC)(OC)OC)CCC(=O)O)(OC)OC. The lowest BCUT2D eigenvalue weighted by Crippen LogP contribution is -2.42. The second kappa shape index (κ2) is 18.5. The van der Waals surface area contributed by atoms with Crippen molar-refractivity contribution in [2.75, 3.05) is 42.7 Å². The molecule has 0 aliphatic rings. The van der Waals surface area contributed by atoms with Crippen molar-refractivity contribution in [3.05, 3.63) is 0 Å². The van der Waals surface area contributed by atoms with Crippen molar-refractivity contribution in [3.63, 3.8) is 0 Å². The third-order valence-corrected chi connectivity index (χ3v) is 11.9. The van der Waals surface area contributed by atoms with Gasteiger partial charge in [-0.2, -0.15) is 0 Å². The minimum atomic E-state index is -2.89. The van der Waals surface area contributed by atoms with Crippen molar-refractivity contribution < 1.29 is 60.7 Å². The topological polar surface area (TPSA) is 173 Å². The second-order valence-electron chi connectivity index (χ2n) is 8.37. The van der Waals surface area contributed by atoms with Crippen LogP contribution in [0.5, 0.6) is 0 Å². The Morgan fingerprint density at radius 2 is 0.865 bits per heavy atom.